The number of nitrogens with zero attached hydrogens (tertiary/aromatic N) is 2. The molecule has 1 aromatic heterocycles. The first kappa shape index (κ1) is 18.6. The first-order valence-electron chi connectivity index (χ1n) is 9.82. The van der Waals surface area contributed by atoms with Crippen LogP contribution < -0.4 is 5.32 Å². The standard InChI is InChI=1S/C22H25FN4O/c1-15(24-22(28)17-6-8-18(23)9-7-17)14-27-12-10-16(11-13-27)21-19-4-2-3-5-20(19)25-26-21/h2-9,15-16H,10-14H2,1H3,(H,24,28)(H,25,26)/t15-/m0/s1. The molecule has 1 fully saturated rings. The van der Waals surface area contributed by atoms with E-state index in [1.807, 2.05) is 19.1 Å². The van der Waals surface area contributed by atoms with E-state index in [1.165, 1.54) is 35.3 Å². The fraction of sp³-hybridized carbons (Fsp3) is 0.364. The number of aromatic nitrogens is 2. The van der Waals surface area contributed by atoms with E-state index in [-0.39, 0.29) is 17.8 Å². The third-order valence-corrected chi connectivity index (χ3v) is 5.50. The molecular weight excluding hydrogens is 355 g/mol. The van der Waals surface area contributed by atoms with Crippen molar-refractivity contribution >= 4 is 16.8 Å². The number of halogens is 1. The van der Waals surface area contributed by atoms with Gasteiger partial charge >= 0.3 is 0 Å². The molecule has 2 N–H and O–H groups in total. The Morgan fingerprint density at radius 1 is 1.21 bits per heavy atom. The van der Waals surface area contributed by atoms with E-state index in [0.717, 1.165) is 38.0 Å². The van der Waals surface area contributed by atoms with Gasteiger partial charge in [0.1, 0.15) is 5.82 Å². The zero-order valence-corrected chi connectivity index (χ0v) is 16.0. The molecule has 2 aromatic carbocycles. The summed E-state index contributed by atoms with van der Waals surface area (Å²) in [5, 5.41) is 11.9. The summed E-state index contributed by atoms with van der Waals surface area (Å²) in [7, 11) is 0. The zero-order valence-electron chi connectivity index (χ0n) is 16.0. The van der Waals surface area contributed by atoms with Gasteiger partial charge in [-0.2, -0.15) is 5.10 Å². The minimum Gasteiger partial charge on any atom is -0.348 e. The second-order valence-electron chi connectivity index (χ2n) is 7.61. The molecule has 0 spiro atoms. The summed E-state index contributed by atoms with van der Waals surface area (Å²) in [6.07, 6.45) is 2.15. The van der Waals surface area contributed by atoms with E-state index in [1.54, 1.807) is 0 Å². The lowest BCUT2D eigenvalue weighted by atomic mass is 9.91. The second kappa shape index (κ2) is 8.10. The topological polar surface area (TPSA) is 61.0 Å². The Morgan fingerprint density at radius 3 is 2.68 bits per heavy atom. The molecule has 0 radical (unpaired) electrons. The molecule has 0 unspecified atom stereocenters. The summed E-state index contributed by atoms with van der Waals surface area (Å²) < 4.78 is 13.0. The Balaban J connectivity index is 1.29. The van der Waals surface area contributed by atoms with Gasteiger partial charge in [0.25, 0.3) is 5.91 Å². The highest BCUT2D eigenvalue weighted by molar-refractivity contribution is 5.94. The highest BCUT2D eigenvalue weighted by Crippen LogP contribution is 2.31. The Bertz CT molecular complexity index is 945. The number of hydrogen-bond acceptors (Lipinski definition) is 3. The number of H-pyrrole nitrogens is 1. The van der Waals surface area contributed by atoms with Crippen molar-refractivity contribution in [1.82, 2.24) is 20.4 Å². The Hall–Kier alpha value is -2.73. The number of likely N-dealkylation sites (tertiary alicyclic amines) is 1. The third kappa shape index (κ3) is 4.07. The SMILES string of the molecule is C[C@@H](CN1CCC(c2[nH]nc3ccccc23)CC1)NC(=O)c1ccc(F)cc1. The van der Waals surface area contributed by atoms with Gasteiger partial charge < -0.3 is 10.2 Å². The minimum atomic E-state index is -0.336. The maximum absolute atomic E-state index is 13.0. The predicted molar refractivity (Wildman–Crippen MR) is 108 cm³/mol. The monoisotopic (exact) mass is 380 g/mol. The summed E-state index contributed by atoms with van der Waals surface area (Å²) in [6.45, 7) is 4.81. The van der Waals surface area contributed by atoms with Crippen LogP contribution in [0.2, 0.25) is 0 Å². The van der Waals surface area contributed by atoms with Crippen LogP contribution in [-0.4, -0.2) is 46.7 Å². The van der Waals surface area contributed by atoms with Crippen molar-refractivity contribution in [2.45, 2.75) is 31.7 Å². The first-order chi connectivity index (χ1) is 13.6. The quantitative estimate of drug-likeness (QED) is 0.710. The molecule has 5 nitrogen and oxygen atoms in total. The number of amides is 1. The Labute approximate surface area is 163 Å². The van der Waals surface area contributed by atoms with Gasteiger partial charge in [0, 0.05) is 35.1 Å². The van der Waals surface area contributed by atoms with Crippen molar-refractivity contribution in [3.8, 4) is 0 Å². The number of carbonyl (C=O) groups excluding carboxylic acids is 1. The maximum Gasteiger partial charge on any atom is 0.251 e. The molecule has 0 bridgehead atoms. The van der Waals surface area contributed by atoms with Crippen LogP contribution in [0.4, 0.5) is 4.39 Å². The van der Waals surface area contributed by atoms with Gasteiger partial charge in [0.2, 0.25) is 0 Å². The van der Waals surface area contributed by atoms with E-state index < -0.39 is 0 Å². The Morgan fingerprint density at radius 2 is 1.93 bits per heavy atom. The number of benzene rings is 2. The van der Waals surface area contributed by atoms with Crippen molar-refractivity contribution in [2.24, 2.45) is 0 Å². The molecule has 6 heteroatoms. The molecule has 1 aliphatic heterocycles. The van der Waals surface area contributed by atoms with Crippen molar-refractivity contribution in [3.05, 3.63) is 65.6 Å². The first-order valence-corrected chi connectivity index (χ1v) is 9.82. The number of fused-ring (bicyclic) bond motifs is 1. The molecule has 1 saturated heterocycles. The van der Waals surface area contributed by atoms with Gasteiger partial charge in [-0.15, -0.1) is 0 Å². The minimum absolute atomic E-state index is 0.0297. The molecule has 0 aliphatic carbocycles. The number of para-hydroxylation sites is 1. The molecule has 2 heterocycles. The van der Waals surface area contributed by atoms with Gasteiger partial charge in [0.15, 0.2) is 0 Å². The average molecular weight is 380 g/mol. The molecule has 0 saturated carbocycles. The largest absolute Gasteiger partial charge is 0.348 e. The molecule has 3 aromatic rings. The molecular formula is C22H25FN4O. The van der Waals surface area contributed by atoms with Gasteiger partial charge in [-0.05, 0) is 63.2 Å². The molecule has 1 aliphatic rings. The molecule has 4 rings (SSSR count). The van der Waals surface area contributed by atoms with Gasteiger partial charge in [-0.3, -0.25) is 9.89 Å². The smallest absolute Gasteiger partial charge is 0.251 e. The molecule has 146 valence electrons. The van der Waals surface area contributed by atoms with Crippen LogP contribution >= 0.6 is 0 Å². The number of piperidine rings is 1. The molecule has 28 heavy (non-hydrogen) atoms. The van der Waals surface area contributed by atoms with Crippen LogP contribution in [0, 0.1) is 5.82 Å². The van der Waals surface area contributed by atoms with Crippen LogP contribution in [0.1, 0.15) is 41.7 Å². The van der Waals surface area contributed by atoms with Crippen molar-refractivity contribution in [2.75, 3.05) is 19.6 Å². The zero-order chi connectivity index (χ0) is 19.5. The van der Waals surface area contributed by atoms with Crippen LogP contribution in [0.15, 0.2) is 48.5 Å². The van der Waals surface area contributed by atoms with Crippen LogP contribution in [0.3, 0.4) is 0 Å². The fourth-order valence-corrected chi connectivity index (χ4v) is 4.04. The van der Waals surface area contributed by atoms with Crippen LogP contribution in [0.5, 0.6) is 0 Å². The van der Waals surface area contributed by atoms with E-state index in [9.17, 15) is 9.18 Å². The van der Waals surface area contributed by atoms with E-state index in [2.05, 4.69) is 32.5 Å². The number of hydrogen-bond donors (Lipinski definition) is 2. The number of nitrogens with one attached hydrogen (secondary N) is 2. The highest BCUT2D eigenvalue weighted by atomic mass is 19.1. The van der Waals surface area contributed by atoms with Crippen LogP contribution in [-0.2, 0) is 0 Å². The fourth-order valence-electron chi connectivity index (χ4n) is 4.04. The molecule has 1 atom stereocenters. The van der Waals surface area contributed by atoms with Crippen molar-refractivity contribution in [1.29, 1.82) is 0 Å². The summed E-state index contributed by atoms with van der Waals surface area (Å²) in [6, 6.07) is 13.9. The number of carbonyl (C=O) groups is 1. The summed E-state index contributed by atoms with van der Waals surface area (Å²) in [4.78, 5) is 14.7. The lowest BCUT2D eigenvalue weighted by Crippen LogP contribution is -2.44. The predicted octanol–water partition coefficient (Wildman–Crippen LogP) is 3.70. The lowest BCUT2D eigenvalue weighted by molar-refractivity contribution is 0.0924. The normalized spacial score (nSPS) is 16.9. The van der Waals surface area contributed by atoms with E-state index >= 15 is 0 Å². The molecule has 1 amide bonds. The highest BCUT2D eigenvalue weighted by Gasteiger charge is 2.24. The number of aromatic amines is 1. The summed E-state index contributed by atoms with van der Waals surface area (Å²) in [5.41, 5.74) is 2.75. The maximum atomic E-state index is 13.0. The third-order valence-electron chi connectivity index (χ3n) is 5.50. The van der Waals surface area contributed by atoms with Crippen molar-refractivity contribution in [3.63, 3.8) is 0 Å². The lowest BCUT2D eigenvalue weighted by Gasteiger charge is -2.33. The van der Waals surface area contributed by atoms with Crippen LogP contribution in [0.25, 0.3) is 10.9 Å². The van der Waals surface area contributed by atoms with E-state index in [4.69, 9.17) is 0 Å². The van der Waals surface area contributed by atoms with Gasteiger partial charge in [-0.25, -0.2) is 4.39 Å². The van der Waals surface area contributed by atoms with Crippen molar-refractivity contribution < 1.29 is 9.18 Å². The van der Waals surface area contributed by atoms with E-state index in [0.29, 0.717) is 11.5 Å². The Kier molecular flexibility index (Phi) is 5.39. The average Bonchev–Trinajstić information content (AvgIpc) is 3.13. The second-order valence-corrected chi connectivity index (χ2v) is 7.61. The summed E-state index contributed by atoms with van der Waals surface area (Å²) in [5.74, 6) is -0.00315. The van der Waals surface area contributed by atoms with Gasteiger partial charge in [0.05, 0.1) is 5.52 Å². The number of rotatable bonds is 5. The van der Waals surface area contributed by atoms with Gasteiger partial charge in [-0.1, -0.05) is 18.2 Å². The summed E-state index contributed by atoms with van der Waals surface area (Å²) >= 11 is 0.